The zero-order chi connectivity index (χ0) is 15.4. The highest BCUT2D eigenvalue weighted by molar-refractivity contribution is 9.08. The number of anilines is 1. The number of nitro benzene ring substituents is 1. The lowest BCUT2D eigenvalue weighted by molar-refractivity contribution is -0.384. The van der Waals surface area contributed by atoms with E-state index in [-0.39, 0.29) is 16.7 Å². The van der Waals surface area contributed by atoms with Crippen molar-refractivity contribution >= 4 is 38.6 Å². The third kappa shape index (κ3) is 3.83. The zero-order valence-electron chi connectivity index (χ0n) is 12.0. The molecule has 0 spiro atoms. The second kappa shape index (κ2) is 7.04. The van der Waals surface area contributed by atoms with Gasteiger partial charge in [0.25, 0.3) is 5.69 Å². The summed E-state index contributed by atoms with van der Waals surface area (Å²) in [6.07, 6.45) is 0.880. The molecule has 1 aromatic heterocycles. The van der Waals surface area contributed by atoms with Crippen molar-refractivity contribution in [2.45, 2.75) is 24.7 Å². The number of nitrogens with zero attached hydrogens (tertiary/aromatic N) is 2. The Morgan fingerprint density at radius 2 is 2.19 bits per heavy atom. The van der Waals surface area contributed by atoms with Crippen LogP contribution in [-0.2, 0) is 11.8 Å². The average molecular weight is 369 g/mol. The number of likely N-dealkylation sites (N-methyl/N-ethyl adjacent to an activating group) is 1. The third-order valence-corrected chi connectivity index (χ3v) is 5.05. The maximum absolute atomic E-state index is 11.3. The molecule has 112 valence electrons. The highest BCUT2D eigenvalue weighted by Crippen LogP contribution is 2.31. The molecule has 0 N–H and O–H groups in total. The topological polar surface area (TPSA) is 46.4 Å². The standard InChI is InChI=1S/C15H17BrN2O2S/c1-11(8-13-4-3-7-21-13)17(2)14-6-5-12(10-16)9-15(14)18(19)20/h3-7,9,11H,8,10H2,1-2H3. The van der Waals surface area contributed by atoms with Gasteiger partial charge in [0.05, 0.1) is 4.92 Å². The number of halogens is 1. The van der Waals surface area contributed by atoms with Crippen LogP contribution in [0.4, 0.5) is 11.4 Å². The Morgan fingerprint density at radius 1 is 1.43 bits per heavy atom. The second-order valence-corrected chi connectivity index (χ2v) is 6.55. The largest absolute Gasteiger partial charge is 0.366 e. The van der Waals surface area contributed by atoms with Gasteiger partial charge in [-0.05, 0) is 30.0 Å². The first-order chi connectivity index (χ1) is 10.0. The Hall–Kier alpha value is -1.40. The van der Waals surface area contributed by atoms with Crippen molar-refractivity contribution < 1.29 is 4.92 Å². The summed E-state index contributed by atoms with van der Waals surface area (Å²) in [7, 11) is 1.91. The molecule has 0 radical (unpaired) electrons. The van der Waals surface area contributed by atoms with Crippen LogP contribution in [0.1, 0.15) is 17.4 Å². The van der Waals surface area contributed by atoms with Crippen LogP contribution in [0.5, 0.6) is 0 Å². The number of hydrogen-bond acceptors (Lipinski definition) is 4. The van der Waals surface area contributed by atoms with E-state index in [1.165, 1.54) is 4.88 Å². The third-order valence-electron chi connectivity index (χ3n) is 3.51. The molecule has 0 saturated carbocycles. The van der Waals surface area contributed by atoms with E-state index in [1.54, 1.807) is 17.4 Å². The predicted molar refractivity (Wildman–Crippen MR) is 91.6 cm³/mol. The fourth-order valence-corrected chi connectivity index (χ4v) is 3.37. The molecule has 6 heteroatoms. The lowest BCUT2D eigenvalue weighted by Crippen LogP contribution is -2.31. The number of alkyl halides is 1. The molecular weight excluding hydrogens is 352 g/mol. The normalized spacial score (nSPS) is 12.1. The van der Waals surface area contributed by atoms with Crippen molar-refractivity contribution in [1.29, 1.82) is 0 Å². The molecule has 21 heavy (non-hydrogen) atoms. The van der Waals surface area contributed by atoms with E-state index < -0.39 is 0 Å². The number of hydrogen-bond donors (Lipinski definition) is 0. The molecule has 0 aliphatic carbocycles. The van der Waals surface area contributed by atoms with Crippen molar-refractivity contribution in [3.63, 3.8) is 0 Å². The summed E-state index contributed by atoms with van der Waals surface area (Å²) < 4.78 is 0. The van der Waals surface area contributed by atoms with E-state index in [1.807, 2.05) is 30.1 Å². The van der Waals surface area contributed by atoms with E-state index in [9.17, 15) is 10.1 Å². The molecule has 2 aromatic rings. The van der Waals surface area contributed by atoms with Crippen molar-refractivity contribution in [3.8, 4) is 0 Å². The Balaban J connectivity index is 2.25. The first-order valence-electron chi connectivity index (χ1n) is 6.61. The van der Waals surface area contributed by atoms with Gasteiger partial charge < -0.3 is 4.90 Å². The highest BCUT2D eigenvalue weighted by Gasteiger charge is 2.21. The first kappa shape index (κ1) is 16.0. The van der Waals surface area contributed by atoms with E-state index in [2.05, 4.69) is 34.3 Å². The summed E-state index contributed by atoms with van der Waals surface area (Å²) in [4.78, 5) is 14.3. The minimum atomic E-state index is -0.310. The molecule has 0 bridgehead atoms. The number of rotatable bonds is 6. The van der Waals surface area contributed by atoms with E-state index >= 15 is 0 Å². The Kier molecular flexibility index (Phi) is 5.36. The maximum atomic E-state index is 11.3. The molecule has 2 rings (SSSR count). The fourth-order valence-electron chi connectivity index (χ4n) is 2.19. The Bertz CT molecular complexity index is 616. The summed E-state index contributed by atoms with van der Waals surface area (Å²) in [6, 6.07) is 9.71. The van der Waals surface area contributed by atoms with Crippen LogP contribution >= 0.6 is 27.3 Å². The fraction of sp³-hybridized carbons (Fsp3) is 0.333. The molecule has 4 nitrogen and oxygen atoms in total. The minimum Gasteiger partial charge on any atom is -0.366 e. The SMILES string of the molecule is CC(Cc1cccs1)N(C)c1ccc(CBr)cc1[N+](=O)[O-]. The molecule has 1 heterocycles. The Labute approximate surface area is 136 Å². The smallest absolute Gasteiger partial charge is 0.292 e. The lowest BCUT2D eigenvalue weighted by atomic mass is 10.1. The molecule has 0 saturated heterocycles. The molecule has 0 aliphatic heterocycles. The van der Waals surface area contributed by atoms with E-state index in [0.717, 1.165) is 12.0 Å². The number of thiophene rings is 1. The molecule has 0 aliphatic rings. The van der Waals surface area contributed by atoms with Crippen LogP contribution in [0.3, 0.4) is 0 Å². The summed E-state index contributed by atoms with van der Waals surface area (Å²) in [5.74, 6) is 0. The summed E-state index contributed by atoms with van der Waals surface area (Å²) in [5.41, 5.74) is 1.73. The molecule has 0 amide bonds. The van der Waals surface area contributed by atoms with Gasteiger partial charge in [0.2, 0.25) is 0 Å². The summed E-state index contributed by atoms with van der Waals surface area (Å²) in [5, 5.41) is 14.0. The van der Waals surface area contributed by atoms with Crippen LogP contribution in [0.2, 0.25) is 0 Å². The van der Waals surface area contributed by atoms with Gasteiger partial charge in [-0.1, -0.05) is 28.1 Å². The van der Waals surface area contributed by atoms with Gasteiger partial charge in [0.15, 0.2) is 0 Å². The van der Waals surface area contributed by atoms with Crippen molar-refractivity contribution in [3.05, 3.63) is 56.3 Å². The van der Waals surface area contributed by atoms with Gasteiger partial charge in [-0.25, -0.2) is 0 Å². The van der Waals surface area contributed by atoms with Crippen LogP contribution in [0, 0.1) is 10.1 Å². The molecular formula is C15H17BrN2O2S. The van der Waals surface area contributed by atoms with E-state index in [4.69, 9.17) is 0 Å². The maximum Gasteiger partial charge on any atom is 0.292 e. The van der Waals surface area contributed by atoms with Gasteiger partial charge in [-0.15, -0.1) is 11.3 Å². The van der Waals surface area contributed by atoms with Crippen LogP contribution in [0.25, 0.3) is 0 Å². The van der Waals surface area contributed by atoms with E-state index in [0.29, 0.717) is 11.0 Å². The number of benzene rings is 1. The second-order valence-electron chi connectivity index (χ2n) is 4.96. The molecule has 1 unspecified atom stereocenters. The molecule has 1 aromatic carbocycles. The van der Waals surface area contributed by atoms with Crippen LogP contribution in [-0.4, -0.2) is 18.0 Å². The Morgan fingerprint density at radius 3 is 2.76 bits per heavy atom. The average Bonchev–Trinajstić information content (AvgIpc) is 2.98. The molecule has 0 fully saturated rings. The minimum absolute atomic E-state index is 0.160. The van der Waals surface area contributed by atoms with Crippen molar-refractivity contribution in [2.75, 3.05) is 11.9 Å². The van der Waals surface area contributed by atoms with Gasteiger partial charge >= 0.3 is 0 Å². The lowest BCUT2D eigenvalue weighted by Gasteiger charge is -2.26. The molecule has 1 atom stereocenters. The van der Waals surface area contributed by atoms with Gasteiger partial charge in [-0.3, -0.25) is 10.1 Å². The van der Waals surface area contributed by atoms with Crippen LogP contribution < -0.4 is 4.90 Å². The van der Waals surface area contributed by atoms with Gasteiger partial charge in [0, 0.05) is 35.8 Å². The van der Waals surface area contributed by atoms with Gasteiger partial charge in [0.1, 0.15) is 5.69 Å². The number of nitro groups is 1. The van der Waals surface area contributed by atoms with Gasteiger partial charge in [-0.2, -0.15) is 0 Å². The highest BCUT2D eigenvalue weighted by atomic mass is 79.9. The quantitative estimate of drug-likeness (QED) is 0.424. The monoisotopic (exact) mass is 368 g/mol. The zero-order valence-corrected chi connectivity index (χ0v) is 14.4. The summed E-state index contributed by atoms with van der Waals surface area (Å²) >= 11 is 5.05. The first-order valence-corrected chi connectivity index (χ1v) is 8.61. The van der Waals surface area contributed by atoms with Crippen LogP contribution in [0.15, 0.2) is 35.7 Å². The summed E-state index contributed by atoms with van der Waals surface area (Å²) in [6.45, 7) is 2.09. The van der Waals surface area contributed by atoms with Crippen molar-refractivity contribution in [2.24, 2.45) is 0 Å². The predicted octanol–water partition coefficient (Wildman–Crippen LogP) is 4.62. The van der Waals surface area contributed by atoms with Crippen molar-refractivity contribution in [1.82, 2.24) is 0 Å².